The van der Waals surface area contributed by atoms with Crippen molar-refractivity contribution in [3.8, 4) is 5.88 Å². The molecule has 0 aromatic carbocycles. The molecule has 0 spiro atoms. The van der Waals surface area contributed by atoms with Gasteiger partial charge in [0.05, 0.1) is 11.9 Å². The molecule has 3 atom stereocenters. The molecule has 1 aromatic heterocycles. The van der Waals surface area contributed by atoms with Crippen LogP contribution < -0.4 is 10.1 Å². The van der Waals surface area contributed by atoms with E-state index < -0.39 is 0 Å². The molecule has 1 aromatic rings. The van der Waals surface area contributed by atoms with E-state index >= 15 is 0 Å². The molecule has 0 aliphatic heterocycles. The van der Waals surface area contributed by atoms with Crippen molar-refractivity contribution >= 4 is 0 Å². The number of hydrogen-bond donors (Lipinski definition) is 1. The van der Waals surface area contributed by atoms with Crippen LogP contribution in [0, 0.1) is 11.8 Å². The van der Waals surface area contributed by atoms with E-state index in [1.165, 1.54) is 6.42 Å². The standard InChI is InChI=1S/C14H23N3O/c1-10-4-5-13(6-11(10)2)18-14-9-16-8-12(17-14)7-15-3/h8-11,13,15H,4-7H2,1-3H3. The second kappa shape index (κ2) is 6.14. The molecule has 0 bridgehead atoms. The summed E-state index contributed by atoms with van der Waals surface area (Å²) in [7, 11) is 1.90. The fourth-order valence-corrected chi connectivity index (χ4v) is 2.49. The van der Waals surface area contributed by atoms with Crippen molar-refractivity contribution in [3.63, 3.8) is 0 Å². The summed E-state index contributed by atoms with van der Waals surface area (Å²) in [5.41, 5.74) is 0.923. The molecule has 100 valence electrons. The van der Waals surface area contributed by atoms with Crippen molar-refractivity contribution in [1.29, 1.82) is 0 Å². The minimum Gasteiger partial charge on any atom is -0.473 e. The van der Waals surface area contributed by atoms with Crippen molar-refractivity contribution in [3.05, 3.63) is 18.1 Å². The number of ether oxygens (including phenoxy) is 1. The molecule has 1 heterocycles. The van der Waals surface area contributed by atoms with Crippen LogP contribution in [0.25, 0.3) is 0 Å². The molecular formula is C14H23N3O. The van der Waals surface area contributed by atoms with Crippen molar-refractivity contribution in [1.82, 2.24) is 15.3 Å². The summed E-state index contributed by atoms with van der Waals surface area (Å²) in [6.45, 7) is 5.36. The third-order valence-corrected chi connectivity index (χ3v) is 3.86. The number of aromatic nitrogens is 2. The first-order valence-corrected chi connectivity index (χ1v) is 6.81. The molecule has 1 saturated carbocycles. The lowest BCUT2D eigenvalue weighted by Gasteiger charge is -2.31. The van der Waals surface area contributed by atoms with E-state index in [1.807, 2.05) is 7.05 Å². The highest BCUT2D eigenvalue weighted by Crippen LogP contribution is 2.31. The number of nitrogens with zero attached hydrogens (tertiary/aromatic N) is 2. The minimum absolute atomic E-state index is 0.301. The van der Waals surface area contributed by atoms with Gasteiger partial charge in [-0.2, -0.15) is 0 Å². The van der Waals surface area contributed by atoms with Crippen LogP contribution in [0.2, 0.25) is 0 Å². The summed E-state index contributed by atoms with van der Waals surface area (Å²) in [5, 5.41) is 3.07. The molecule has 0 amide bonds. The average Bonchev–Trinajstić information content (AvgIpc) is 2.35. The summed E-state index contributed by atoms with van der Waals surface area (Å²) < 4.78 is 5.96. The van der Waals surface area contributed by atoms with Crippen LogP contribution in [0.4, 0.5) is 0 Å². The SMILES string of the molecule is CNCc1cncc(OC2CCC(C)C(C)C2)n1. The fraction of sp³-hybridized carbons (Fsp3) is 0.714. The first-order chi connectivity index (χ1) is 8.69. The number of hydrogen-bond acceptors (Lipinski definition) is 4. The Morgan fingerprint density at radius 2 is 2.11 bits per heavy atom. The Hall–Kier alpha value is -1.16. The molecule has 2 rings (SSSR count). The van der Waals surface area contributed by atoms with E-state index in [4.69, 9.17) is 4.74 Å². The van der Waals surface area contributed by atoms with Gasteiger partial charge in [-0.1, -0.05) is 13.8 Å². The van der Waals surface area contributed by atoms with Gasteiger partial charge in [-0.25, -0.2) is 4.98 Å². The maximum Gasteiger partial charge on any atom is 0.232 e. The van der Waals surface area contributed by atoms with Crippen LogP contribution in [0.1, 0.15) is 38.8 Å². The van der Waals surface area contributed by atoms with E-state index in [0.29, 0.717) is 12.0 Å². The van der Waals surface area contributed by atoms with Crippen LogP contribution >= 0.6 is 0 Å². The molecular weight excluding hydrogens is 226 g/mol. The van der Waals surface area contributed by atoms with Crippen molar-refractivity contribution < 1.29 is 4.74 Å². The quantitative estimate of drug-likeness (QED) is 0.890. The lowest BCUT2D eigenvalue weighted by molar-refractivity contribution is 0.0958. The Bertz CT molecular complexity index is 383. The average molecular weight is 249 g/mol. The Labute approximate surface area is 109 Å². The Balaban J connectivity index is 1.94. The summed E-state index contributed by atoms with van der Waals surface area (Å²) in [4.78, 5) is 8.63. The van der Waals surface area contributed by atoms with Gasteiger partial charge in [-0.15, -0.1) is 0 Å². The van der Waals surface area contributed by atoms with Gasteiger partial charge < -0.3 is 10.1 Å². The summed E-state index contributed by atoms with van der Waals surface area (Å²) in [6.07, 6.45) is 7.28. The molecule has 0 radical (unpaired) electrons. The first kappa shape index (κ1) is 13.3. The Morgan fingerprint density at radius 3 is 2.83 bits per heavy atom. The van der Waals surface area contributed by atoms with Crippen molar-refractivity contribution in [2.24, 2.45) is 11.8 Å². The highest BCUT2D eigenvalue weighted by molar-refractivity contribution is 5.08. The zero-order valence-corrected chi connectivity index (χ0v) is 11.5. The van der Waals surface area contributed by atoms with Gasteiger partial charge in [0.1, 0.15) is 6.10 Å². The normalized spacial score (nSPS) is 28.1. The van der Waals surface area contributed by atoms with Gasteiger partial charge >= 0.3 is 0 Å². The summed E-state index contributed by atoms with van der Waals surface area (Å²) in [6, 6.07) is 0. The van der Waals surface area contributed by atoms with Gasteiger partial charge in [-0.3, -0.25) is 4.98 Å². The van der Waals surface area contributed by atoms with Gasteiger partial charge in [0.15, 0.2) is 0 Å². The number of rotatable bonds is 4. The van der Waals surface area contributed by atoms with Crippen LogP contribution in [0.15, 0.2) is 12.4 Å². The molecule has 18 heavy (non-hydrogen) atoms. The maximum absolute atomic E-state index is 5.96. The van der Waals surface area contributed by atoms with Gasteiger partial charge in [-0.05, 0) is 38.1 Å². The fourth-order valence-electron chi connectivity index (χ4n) is 2.49. The highest BCUT2D eigenvalue weighted by atomic mass is 16.5. The maximum atomic E-state index is 5.96. The zero-order valence-electron chi connectivity index (χ0n) is 11.5. The molecule has 3 unspecified atom stereocenters. The topological polar surface area (TPSA) is 47.0 Å². The van der Waals surface area contributed by atoms with E-state index in [9.17, 15) is 0 Å². The number of nitrogens with one attached hydrogen (secondary N) is 1. The monoisotopic (exact) mass is 249 g/mol. The molecule has 0 saturated heterocycles. The first-order valence-electron chi connectivity index (χ1n) is 6.81. The molecule has 1 aliphatic rings. The third-order valence-electron chi connectivity index (χ3n) is 3.86. The van der Waals surface area contributed by atoms with Crippen LogP contribution in [-0.4, -0.2) is 23.1 Å². The zero-order chi connectivity index (χ0) is 13.0. The third kappa shape index (κ3) is 3.42. The molecule has 1 N–H and O–H groups in total. The van der Waals surface area contributed by atoms with Gasteiger partial charge in [0, 0.05) is 12.7 Å². The van der Waals surface area contributed by atoms with E-state index in [2.05, 4.69) is 29.1 Å². The van der Waals surface area contributed by atoms with E-state index in [0.717, 1.165) is 36.9 Å². The largest absolute Gasteiger partial charge is 0.473 e. The summed E-state index contributed by atoms with van der Waals surface area (Å²) >= 11 is 0. The van der Waals surface area contributed by atoms with Gasteiger partial charge in [0.25, 0.3) is 0 Å². The second-order valence-corrected chi connectivity index (χ2v) is 5.39. The lowest BCUT2D eigenvalue weighted by Crippen LogP contribution is -2.29. The second-order valence-electron chi connectivity index (χ2n) is 5.39. The van der Waals surface area contributed by atoms with E-state index in [-0.39, 0.29) is 0 Å². The molecule has 4 heteroatoms. The summed E-state index contributed by atoms with van der Waals surface area (Å²) in [5.74, 6) is 2.21. The Kier molecular flexibility index (Phi) is 4.53. The van der Waals surface area contributed by atoms with Crippen LogP contribution in [0.5, 0.6) is 5.88 Å². The van der Waals surface area contributed by atoms with Crippen molar-refractivity contribution in [2.75, 3.05) is 7.05 Å². The Morgan fingerprint density at radius 1 is 1.28 bits per heavy atom. The lowest BCUT2D eigenvalue weighted by atomic mass is 9.80. The predicted octanol–water partition coefficient (Wildman–Crippen LogP) is 2.40. The molecule has 4 nitrogen and oxygen atoms in total. The minimum atomic E-state index is 0.301. The smallest absolute Gasteiger partial charge is 0.232 e. The van der Waals surface area contributed by atoms with Crippen LogP contribution in [-0.2, 0) is 6.54 Å². The van der Waals surface area contributed by atoms with Crippen LogP contribution in [0.3, 0.4) is 0 Å². The van der Waals surface area contributed by atoms with E-state index in [1.54, 1.807) is 12.4 Å². The van der Waals surface area contributed by atoms with Crippen molar-refractivity contribution in [2.45, 2.75) is 45.8 Å². The van der Waals surface area contributed by atoms with Gasteiger partial charge in [0.2, 0.25) is 5.88 Å². The highest BCUT2D eigenvalue weighted by Gasteiger charge is 2.26. The molecule has 1 fully saturated rings. The predicted molar refractivity (Wildman–Crippen MR) is 71.4 cm³/mol. The molecule has 1 aliphatic carbocycles.